The van der Waals surface area contributed by atoms with Gasteiger partial charge in [-0.25, -0.2) is 0 Å². The van der Waals surface area contributed by atoms with Gasteiger partial charge < -0.3 is 19.2 Å². The Morgan fingerprint density at radius 3 is 2.27 bits per heavy atom. The molecule has 152 valence electrons. The maximum Gasteiger partial charge on any atom is 0.247 e. The lowest BCUT2D eigenvalue weighted by Crippen LogP contribution is -2.13. The fraction of sp³-hybridized carbons (Fsp3) is 0.130. The SMILES string of the molecule is COc1cc(N[C@@H](c2cccc(Cl)c2)c2nnc(-c3ccccc3)o2)cc(OC)c1. The average Bonchev–Trinajstić information content (AvgIpc) is 3.27. The van der Waals surface area contributed by atoms with Crippen LogP contribution in [-0.2, 0) is 0 Å². The van der Waals surface area contributed by atoms with Gasteiger partial charge >= 0.3 is 0 Å². The fourth-order valence-electron chi connectivity index (χ4n) is 3.08. The van der Waals surface area contributed by atoms with Crippen molar-refractivity contribution in [2.75, 3.05) is 19.5 Å². The molecule has 4 aromatic rings. The van der Waals surface area contributed by atoms with E-state index in [1.807, 2.05) is 66.7 Å². The Morgan fingerprint density at radius 1 is 0.867 bits per heavy atom. The molecule has 0 unspecified atom stereocenters. The third-order valence-corrected chi connectivity index (χ3v) is 4.79. The van der Waals surface area contributed by atoms with Crippen molar-refractivity contribution in [3.63, 3.8) is 0 Å². The van der Waals surface area contributed by atoms with E-state index >= 15 is 0 Å². The molecule has 0 saturated heterocycles. The number of rotatable bonds is 7. The van der Waals surface area contributed by atoms with Crippen molar-refractivity contribution < 1.29 is 13.9 Å². The van der Waals surface area contributed by atoms with Crippen LogP contribution in [-0.4, -0.2) is 24.4 Å². The highest BCUT2D eigenvalue weighted by Crippen LogP contribution is 2.33. The summed E-state index contributed by atoms with van der Waals surface area (Å²) in [6.45, 7) is 0. The van der Waals surface area contributed by atoms with Crippen LogP contribution in [0.1, 0.15) is 17.5 Å². The van der Waals surface area contributed by atoms with Gasteiger partial charge in [-0.1, -0.05) is 41.9 Å². The number of ether oxygens (including phenoxy) is 2. The molecule has 1 aromatic heterocycles. The minimum Gasteiger partial charge on any atom is -0.497 e. The zero-order valence-corrected chi connectivity index (χ0v) is 17.3. The van der Waals surface area contributed by atoms with E-state index in [9.17, 15) is 0 Å². The van der Waals surface area contributed by atoms with Gasteiger partial charge in [0.15, 0.2) is 0 Å². The van der Waals surface area contributed by atoms with Crippen LogP contribution in [0.5, 0.6) is 11.5 Å². The molecule has 6 nitrogen and oxygen atoms in total. The van der Waals surface area contributed by atoms with Crippen LogP contribution in [0.4, 0.5) is 5.69 Å². The number of hydrogen-bond acceptors (Lipinski definition) is 6. The molecule has 0 saturated carbocycles. The second-order valence-corrected chi connectivity index (χ2v) is 6.98. The molecule has 0 fully saturated rings. The quantitative estimate of drug-likeness (QED) is 0.418. The second-order valence-electron chi connectivity index (χ2n) is 6.55. The maximum absolute atomic E-state index is 6.24. The van der Waals surface area contributed by atoms with Crippen LogP contribution < -0.4 is 14.8 Å². The highest BCUT2D eigenvalue weighted by Gasteiger charge is 2.22. The van der Waals surface area contributed by atoms with Gasteiger partial charge in [0.25, 0.3) is 0 Å². The van der Waals surface area contributed by atoms with Crippen LogP contribution in [0, 0.1) is 0 Å². The summed E-state index contributed by atoms with van der Waals surface area (Å²) < 4.78 is 16.8. The minimum atomic E-state index is -0.425. The molecule has 0 aliphatic carbocycles. The van der Waals surface area contributed by atoms with Crippen molar-refractivity contribution >= 4 is 17.3 Å². The minimum absolute atomic E-state index is 0.415. The standard InChI is InChI=1S/C23H20ClN3O3/c1-28-19-12-18(13-20(14-19)29-2)25-21(16-9-6-10-17(24)11-16)23-27-26-22(30-23)15-7-4-3-5-8-15/h3-14,21,25H,1-2H3/t21-/m0/s1. The number of aromatic nitrogens is 2. The van der Waals surface area contributed by atoms with Crippen molar-refractivity contribution in [2.24, 2.45) is 0 Å². The van der Waals surface area contributed by atoms with Gasteiger partial charge in [0.1, 0.15) is 17.5 Å². The molecule has 1 atom stereocenters. The topological polar surface area (TPSA) is 69.4 Å². The molecule has 0 spiro atoms. The third-order valence-electron chi connectivity index (χ3n) is 4.55. The van der Waals surface area contributed by atoms with Crippen molar-refractivity contribution in [3.05, 3.63) is 89.3 Å². The lowest BCUT2D eigenvalue weighted by molar-refractivity contribution is 0.394. The summed E-state index contributed by atoms with van der Waals surface area (Å²) in [5, 5.41) is 12.6. The Morgan fingerprint density at radius 2 is 1.60 bits per heavy atom. The molecule has 30 heavy (non-hydrogen) atoms. The molecule has 1 heterocycles. The molecular weight excluding hydrogens is 402 g/mol. The summed E-state index contributed by atoms with van der Waals surface area (Å²) in [4.78, 5) is 0. The molecule has 0 bridgehead atoms. The van der Waals surface area contributed by atoms with E-state index in [2.05, 4.69) is 15.5 Å². The Labute approximate surface area is 179 Å². The lowest BCUT2D eigenvalue weighted by atomic mass is 10.1. The van der Waals surface area contributed by atoms with Gasteiger partial charge in [-0.3, -0.25) is 0 Å². The number of nitrogens with zero attached hydrogens (tertiary/aromatic N) is 2. The van der Waals surface area contributed by atoms with Crippen LogP contribution in [0.15, 0.2) is 77.2 Å². The predicted octanol–water partition coefficient (Wildman–Crippen LogP) is 5.61. The number of halogens is 1. The van der Waals surface area contributed by atoms with Crippen molar-refractivity contribution in [1.82, 2.24) is 10.2 Å². The predicted molar refractivity (Wildman–Crippen MR) is 116 cm³/mol. The fourth-order valence-corrected chi connectivity index (χ4v) is 3.28. The number of benzene rings is 3. The number of nitrogens with one attached hydrogen (secondary N) is 1. The number of hydrogen-bond donors (Lipinski definition) is 1. The van der Waals surface area contributed by atoms with Gasteiger partial charge in [0.2, 0.25) is 11.8 Å². The summed E-state index contributed by atoms with van der Waals surface area (Å²) in [6, 6.07) is 22.3. The first kappa shape index (κ1) is 19.8. The Hall–Kier alpha value is -3.51. The van der Waals surface area contributed by atoms with Crippen LogP contribution in [0.3, 0.4) is 0 Å². The maximum atomic E-state index is 6.24. The molecular formula is C23H20ClN3O3. The molecule has 0 aliphatic heterocycles. The summed E-state index contributed by atoms with van der Waals surface area (Å²) in [5.74, 6) is 2.19. The van der Waals surface area contributed by atoms with E-state index in [-0.39, 0.29) is 0 Å². The monoisotopic (exact) mass is 421 g/mol. The summed E-state index contributed by atoms with van der Waals surface area (Å²) in [6.07, 6.45) is 0. The zero-order valence-electron chi connectivity index (χ0n) is 16.5. The van der Waals surface area contributed by atoms with Gasteiger partial charge in [-0.2, -0.15) is 0 Å². The Balaban J connectivity index is 1.74. The van der Waals surface area contributed by atoms with Crippen LogP contribution in [0.2, 0.25) is 5.02 Å². The van der Waals surface area contributed by atoms with Crippen molar-refractivity contribution in [3.8, 4) is 23.0 Å². The summed E-state index contributed by atoms with van der Waals surface area (Å²) in [7, 11) is 3.22. The molecule has 0 amide bonds. The Kier molecular flexibility index (Phi) is 5.86. The van der Waals surface area contributed by atoms with E-state index in [0.717, 1.165) is 16.8 Å². The van der Waals surface area contributed by atoms with Crippen molar-refractivity contribution in [1.29, 1.82) is 0 Å². The molecule has 4 rings (SSSR count). The molecule has 1 N–H and O–H groups in total. The number of anilines is 1. The molecule has 3 aromatic carbocycles. The highest BCUT2D eigenvalue weighted by molar-refractivity contribution is 6.30. The second kappa shape index (κ2) is 8.88. The van der Waals surface area contributed by atoms with E-state index in [0.29, 0.717) is 28.3 Å². The highest BCUT2D eigenvalue weighted by atomic mass is 35.5. The first-order chi connectivity index (χ1) is 14.7. The van der Waals surface area contributed by atoms with Gasteiger partial charge in [-0.05, 0) is 29.8 Å². The first-order valence-corrected chi connectivity index (χ1v) is 9.68. The van der Waals surface area contributed by atoms with Crippen LogP contribution in [0.25, 0.3) is 11.5 Å². The van der Waals surface area contributed by atoms with E-state index in [1.54, 1.807) is 20.3 Å². The first-order valence-electron chi connectivity index (χ1n) is 9.30. The van der Waals surface area contributed by atoms with Crippen molar-refractivity contribution in [2.45, 2.75) is 6.04 Å². The van der Waals surface area contributed by atoms with Gasteiger partial charge in [0.05, 0.1) is 14.2 Å². The zero-order chi connectivity index (χ0) is 20.9. The lowest BCUT2D eigenvalue weighted by Gasteiger charge is -2.18. The van der Waals surface area contributed by atoms with Gasteiger partial charge in [-0.15, -0.1) is 10.2 Å². The number of methoxy groups -OCH3 is 2. The van der Waals surface area contributed by atoms with E-state index in [1.165, 1.54) is 0 Å². The Bertz CT molecular complexity index is 1110. The summed E-state index contributed by atoms with van der Waals surface area (Å²) >= 11 is 6.24. The molecule has 0 radical (unpaired) electrons. The van der Waals surface area contributed by atoms with E-state index in [4.69, 9.17) is 25.5 Å². The van der Waals surface area contributed by atoms with Gasteiger partial charge in [0, 0.05) is 34.5 Å². The third kappa shape index (κ3) is 4.39. The molecule has 0 aliphatic rings. The average molecular weight is 422 g/mol. The molecule has 7 heteroatoms. The smallest absolute Gasteiger partial charge is 0.247 e. The summed E-state index contributed by atoms with van der Waals surface area (Å²) in [5.41, 5.74) is 2.51. The van der Waals surface area contributed by atoms with E-state index < -0.39 is 6.04 Å². The largest absolute Gasteiger partial charge is 0.497 e. The normalized spacial score (nSPS) is 11.7. The van der Waals surface area contributed by atoms with Crippen LogP contribution >= 0.6 is 11.6 Å².